The van der Waals surface area contributed by atoms with Crippen LogP contribution in [0.25, 0.3) is 22.2 Å². The number of aliphatic carboxylic acids is 1. The second kappa shape index (κ2) is 9.85. The number of oxazole rings is 1. The zero-order valence-electron chi connectivity index (χ0n) is 20.7. The van der Waals surface area contributed by atoms with Gasteiger partial charge in [-0.15, -0.1) is 0 Å². The van der Waals surface area contributed by atoms with E-state index in [9.17, 15) is 19.8 Å². The molecular formula is C29H29NO6. The molecule has 0 bridgehead atoms. The van der Waals surface area contributed by atoms with Crippen molar-refractivity contribution >= 4 is 22.5 Å². The average Bonchev–Trinajstić information content (AvgIpc) is 3.26. The number of ketones is 1. The molecular weight excluding hydrogens is 458 g/mol. The number of rotatable bonds is 9. The van der Waals surface area contributed by atoms with E-state index in [0.717, 1.165) is 10.8 Å². The number of aromatic nitrogens is 1. The van der Waals surface area contributed by atoms with Crippen molar-refractivity contribution in [2.75, 3.05) is 0 Å². The predicted octanol–water partition coefficient (Wildman–Crippen LogP) is 6.38. The Balaban J connectivity index is 1.51. The van der Waals surface area contributed by atoms with E-state index < -0.39 is 11.6 Å². The summed E-state index contributed by atoms with van der Waals surface area (Å²) >= 11 is 0. The summed E-state index contributed by atoms with van der Waals surface area (Å²) in [5.74, 6) is 0.364. The van der Waals surface area contributed by atoms with Gasteiger partial charge in [-0.1, -0.05) is 38.1 Å². The number of carbonyl (C=O) groups is 2. The quantitative estimate of drug-likeness (QED) is 0.264. The number of aryl methyl sites for hydroxylation is 1. The van der Waals surface area contributed by atoms with Gasteiger partial charge in [-0.3, -0.25) is 4.79 Å². The molecule has 1 aromatic heterocycles. The summed E-state index contributed by atoms with van der Waals surface area (Å²) in [5, 5.41) is 21.7. The van der Waals surface area contributed by atoms with E-state index >= 15 is 0 Å². The highest BCUT2D eigenvalue weighted by Crippen LogP contribution is 2.35. The fraction of sp³-hybridized carbons (Fsp3) is 0.276. The summed E-state index contributed by atoms with van der Waals surface area (Å²) in [7, 11) is 0. The van der Waals surface area contributed by atoms with Crippen LogP contribution in [0, 0.1) is 0 Å². The van der Waals surface area contributed by atoms with Crippen LogP contribution in [0.3, 0.4) is 0 Å². The minimum absolute atomic E-state index is 0.0490. The maximum Gasteiger partial charge on any atom is 0.347 e. The molecule has 1 heterocycles. The van der Waals surface area contributed by atoms with Crippen LogP contribution >= 0.6 is 0 Å². The Labute approximate surface area is 209 Å². The average molecular weight is 488 g/mol. The predicted molar refractivity (Wildman–Crippen MR) is 137 cm³/mol. The molecule has 7 heteroatoms. The van der Waals surface area contributed by atoms with Gasteiger partial charge in [0, 0.05) is 24.3 Å². The summed E-state index contributed by atoms with van der Waals surface area (Å²) in [5.41, 5.74) is 0.317. The number of phenolic OH excluding ortho intramolecular Hbond substituents is 1. The molecule has 0 saturated carbocycles. The Bertz CT molecular complexity index is 1420. The SMILES string of the molecule is CC(C)c1oc(-c2cc3ccccc3cc2O)nc1CCC(=O)c1ccc(OC(C)(C)C(=O)O)cc1. The molecule has 0 aliphatic heterocycles. The Morgan fingerprint density at radius 1 is 1.03 bits per heavy atom. The van der Waals surface area contributed by atoms with Crippen molar-refractivity contribution in [3.63, 3.8) is 0 Å². The Kier molecular flexibility index (Phi) is 6.84. The van der Waals surface area contributed by atoms with Gasteiger partial charge >= 0.3 is 5.97 Å². The van der Waals surface area contributed by atoms with Gasteiger partial charge in [-0.2, -0.15) is 0 Å². The van der Waals surface area contributed by atoms with Crippen LogP contribution in [0.4, 0.5) is 0 Å². The zero-order valence-corrected chi connectivity index (χ0v) is 20.7. The van der Waals surface area contributed by atoms with Crippen LogP contribution in [0.15, 0.2) is 65.1 Å². The third-order valence-electron chi connectivity index (χ3n) is 6.00. The van der Waals surface area contributed by atoms with Gasteiger partial charge in [0.1, 0.15) is 17.3 Å². The van der Waals surface area contributed by atoms with E-state index in [2.05, 4.69) is 4.98 Å². The van der Waals surface area contributed by atoms with Crippen molar-refractivity contribution in [1.29, 1.82) is 0 Å². The van der Waals surface area contributed by atoms with Crippen LogP contribution < -0.4 is 4.74 Å². The second-order valence-electron chi connectivity index (χ2n) is 9.57. The van der Waals surface area contributed by atoms with Gasteiger partial charge in [0.2, 0.25) is 5.89 Å². The van der Waals surface area contributed by atoms with Gasteiger partial charge in [-0.05, 0) is 61.0 Å². The van der Waals surface area contributed by atoms with E-state index in [-0.39, 0.29) is 23.9 Å². The zero-order chi connectivity index (χ0) is 26.0. The van der Waals surface area contributed by atoms with Crippen molar-refractivity contribution in [2.45, 2.75) is 52.1 Å². The Morgan fingerprint density at radius 2 is 1.67 bits per heavy atom. The van der Waals surface area contributed by atoms with E-state index in [1.165, 1.54) is 13.8 Å². The molecule has 0 spiro atoms. The molecule has 0 saturated heterocycles. The largest absolute Gasteiger partial charge is 0.507 e. The first-order valence-electron chi connectivity index (χ1n) is 11.8. The smallest absolute Gasteiger partial charge is 0.347 e. The lowest BCUT2D eigenvalue weighted by molar-refractivity contribution is -0.152. The van der Waals surface area contributed by atoms with Crippen molar-refractivity contribution in [3.8, 4) is 23.0 Å². The summed E-state index contributed by atoms with van der Waals surface area (Å²) in [6.07, 6.45) is 0.602. The minimum atomic E-state index is -1.37. The monoisotopic (exact) mass is 487 g/mol. The normalized spacial score (nSPS) is 11.7. The molecule has 0 aliphatic carbocycles. The van der Waals surface area contributed by atoms with Crippen LogP contribution in [-0.2, 0) is 11.2 Å². The molecule has 3 aromatic carbocycles. The number of carbonyl (C=O) groups excluding carboxylic acids is 1. The molecule has 0 atom stereocenters. The van der Waals surface area contributed by atoms with Crippen molar-refractivity contribution < 1.29 is 29.0 Å². The molecule has 0 aliphatic rings. The Morgan fingerprint density at radius 3 is 2.28 bits per heavy atom. The minimum Gasteiger partial charge on any atom is -0.507 e. The molecule has 186 valence electrons. The lowest BCUT2D eigenvalue weighted by Gasteiger charge is -2.21. The Hall–Kier alpha value is -4.13. The lowest BCUT2D eigenvalue weighted by Crippen LogP contribution is -2.37. The van der Waals surface area contributed by atoms with Crippen LogP contribution in [0.2, 0.25) is 0 Å². The van der Waals surface area contributed by atoms with Gasteiger partial charge in [0.05, 0.1) is 11.3 Å². The maximum absolute atomic E-state index is 12.8. The molecule has 36 heavy (non-hydrogen) atoms. The number of fused-ring (bicyclic) bond motifs is 1. The first kappa shape index (κ1) is 25.0. The second-order valence-corrected chi connectivity index (χ2v) is 9.57. The van der Waals surface area contributed by atoms with Gasteiger partial charge in [-0.25, -0.2) is 9.78 Å². The number of aromatic hydroxyl groups is 1. The van der Waals surface area contributed by atoms with Crippen molar-refractivity contribution in [1.82, 2.24) is 4.98 Å². The summed E-state index contributed by atoms with van der Waals surface area (Å²) in [6, 6.07) is 17.7. The fourth-order valence-corrected chi connectivity index (χ4v) is 3.93. The molecule has 2 N–H and O–H groups in total. The number of carboxylic acids is 1. The molecule has 4 aromatic rings. The third-order valence-corrected chi connectivity index (χ3v) is 6.00. The first-order chi connectivity index (χ1) is 17.0. The highest BCUT2D eigenvalue weighted by Gasteiger charge is 2.29. The van der Waals surface area contributed by atoms with E-state index in [4.69, 9.17) is 9.15 Å². The number of carboxylic acid groups (broad SMARTS) is 1. The molecule has 7 nitrogen and oxygen atoms in total. The van der Waals surface area contributed by atoms with Crippen LogP contribution in [-0.4, -0.2) is 32.6 Å². The summed E-state index contributed by atoms with van der Waals surface area (Å²) in [4.78, 5) is 28.8. The highest BCUT2D eigenvalue weighted by atomic mass is 16.5. The number of nitrogens with zero attached hydrogens (tertiary/aromatic N) is 1. The molecule has 0 unspecified atom stereocenters. The number of phenols is 1. The number of ether oxygens (including phenoxy) is 1. The highest BCUT2D eigenvalue weighted by molar-refractivity contribution is 5.96. The number of Topliss-reactive ketones (excluding diaryl/α,β-unsaturated/α-hetero) is 1. The van der Waals surface area contributed by atoms with Gasteiger partial charge < -0.3 is 19.4 Å². The molecule has 0 radical (unpaired) electrons. The molecule has 0 amide bonds. The first-order valence-corrected chi connectivity index (χ1v) is 11.8. The van der Waals surface area contributed by atoms with E-state index in [1.54, 1.807) is 30.3 Å². The third kappa shape index (κ3) is 5.25. The summed E-state index contributed by atoms with van der Waals surface area (Å²) in [6.45, 7) is 6.91. The van der Waals surface area contributed by atoms with Crippen LogP contribution in [0.5, 0.6) is 11.5 Å². The van der Waals surface area contributed by atoms with E-state index in [0.29, 0.717) is 40.6 Å². The standard InChI is InChI=1S/C29H29NO6/c1-17(2)26-23(30-27(35-26)22-15-19-7-5-6-8-20(19)16-25(22)32)13-14-24(31)18-9-11-21(12-10-18)36-29(3,4)28(33)34/h5-12,15-17,32H,13-14H2,1-4H3,(H,33,34). The topological polar surface area (TPSA) is 110 Å². The molecule has 4 rings (SSSR count). The van der Waals surface area contributed by atoms with Crippen molar-refractivity contribution in [2.24, 2.45) is 0 Å². The fourth-order valence-electron chi connectivity index (χ4n) is 3.93. The van der Waals surface area contributed by atoms with Gasteiger partial charge in [0.25, 0.3) is 0 Å². The number of benzene rings is 3. The van der Waals surface area contributed by atoms with Crippen LogP contribution in [0.1, 0.15) is 61.8 Å². The summed E-state index contributed by atoms with van der Waals surface area (Å²) < 4.78 is 11.6. The molecule has 0 fully saturated rings. The van der Waals surface area contributed by atoms with Crippen molar-refractivity contribution in [3.05, 3.63) is 77.7 Å². The van der Waals surface area contributed by atoms with E-state index in [1.807, 2.05) is 44.2 Å². The number of hydrogen-bond acceptors (Lipinski definition) is 6. The lowest BCUT2D eigenvalue weighted by atomic mass is 10.0. The van der Waals surface area contributed by atoms with Gasteiger partial charge in [0.15, 0.2) is 11.4 Å². The number of hydrogen-bond donors (Lipinski definition) is 2. The maximum atomic E-state index is 12.8.